The van der Waals surface area contributed by atoms with Crippen molar-refractivity contribution in [1.29, 1.82) is 0 Å². The monoisotopic (exact) mass is 390 g/mol. The van der Waals surface area contributed by atoms with E-state index in [0.717, 1.165) is 16.5 Å². The van der Waals surface area contributed by atoms with Crippen molar-refractivity contribution in [3.05, 3.63) is 77.3 Å². The molecule has 0 spiro atoms. The van der Waals surface area contributed by atoms with Crippen molar-refractivity contribution in [2.24, 2.45) is 0 Å². The zero-order chi connectivity index (χ0) is 19.1. The Balaban J connectivity index is 1.28. The van der Waals surface area contributed by atoms with Crippen molar-refractivity contribution in [3.8, 4) is 11.4 Å². The normalized spacial score (nSPS) is 14.2. The van der Waals surface area contributed by atoms with Crippen molar-refractivity contribution >= 4 is 28.4 Å². The molecule has 3 heterocycles. The van der Waals surface area contributed by atoms with Crippen LogP contribution >= 0.6 is 11.6 Å². The van der Waals surface area contributed by atoms with Gasteiger partial charge in [-0.25, -0.2) is 4.98 Å². The van der Waals surface area contributed by atoms with Gasteiger partial charge < -0.3 is 9.42 Å². The number of aromatic nitrogens is 3. The Bertz CT molecular complexity index is 1180. The van der Waals surface area contributed by atoms with E-state index in [9.17, 15) is 4.79 Å². The number of pyridine rings is 1. The smallest absolute Gasteiger partial charge is 0.272 e. The Morgan fingerprint density at radius 1 is 1.04 bits per heavy atom. The molecule has 2 aromatic heterocycles. The number of halogens is 1. The molecule has 1 fully saturated rings. The summed E-state index contributed by atoms with van der Waals surface area (Å²) in [6.45, 7) is 1.06. The van der Waals surface area contributed by atoms with E-state index in [1.54, 1.807) is 23.1 Å². The Hall–Kier alpha value is -3.25. The first-order chi connectivity index (χ1) is 13.7. The van der Waals surface area contributed by atoms with E-state index in [-0.39, 0.29) is 11.8 Å². The number of hydrogen-bond donors (Lipinski definition) is 0. The molecule has 138 valence electrons. The Morgan fingerprint density at radius 2 is 1.89 bits per heavy atom. The van der Waals surface area contributed by atoms with Crippen LogP contribution in [0.1, 0.15) is 22.3 Å². The Morgan fingerprint density at radius 3 is 2.75 bits per heavy atom. The van der Waals surface area contributed by atoms with E-state index < -0.39 is 0 Å². The molecule has 0 aliphatic carbocycles. The van der Waals surface area contributed by atoms with Crippen LogP contribution in [0.2, 0.25) is 5.02 Å². The van der Waals surface area contributed by atoms with Crippen molar-refractivity contribution in [2.45, 2.75) is 5.92 Å². The first-order valence-corrected chi connectivity index (χ1v) is 9.30. The summed E-state index contributed by atoms with van der Waals surface area (Å²) >= 11 is 6.01. The molecule has 1 aliphatic rings. The van der Waals surface area contributed by atoms with Gasteiger partial charge >= 0.3 is 0 Å². The van der Waals surface area contributed by atoms with Crippen molar-refractivity contribution in [3.63, 3.8) is 0 Å². The first kappa shape index (κ1) is 16.9. The van der Waals surface area contributed by atoms with E-state index in [4.69, 9.17) is 16.1 Å². The lowest BCUT2D eigenvalue weighted by Crippen LogP contribution is -2.48. The number of fused-ring (bicyclic) bond motifs is 1. The lowest BCUT2D eigenvalue weighted by Gasteiger charge is -2.36. The van der Waals surface area contributed by atoms with Crippen molar-refractivity contribution in [2.75, 3.05) is 13.1 Å². The van der Waals surface area contributed by atoms with E-state index in [2.05, 4.69) is 15.1 Å². The number of benzene rings is 2. The second-order valence-electron chi connectivity index (χ2n) is 6.76. The van der Waals surface area contributed by atoms with Gasteiger partial charge in [-0.05, 0) is 24.3 Å². The minimum Gasteiger partial charge on any atom is -0.339 e. The van der Waals surface area contributed by atoms with Crippen LogP contribution in [-0.2, 0) is 0 Å². The maximum Gasteiger partial charge on any atom is 0.272 e. The number of likely N-dealkylation sites (tertiary alicyclic amines) is 1. The maximum absolute atomic E-state index is 12.7. The van der Waals surface area contributed by atoms with Gasteiger partial charge in [-0.1, -0.05) is 53.2 Å². The molecule has 28 heavy (non-hydrogen) atoms. The fraction of sp³-hybridized carbons (Fsp3) is 0.143. The molecule has 0 unspecified atom stereocenters. The first-order valence-electron chi connectivity index (χ1n) is 8.92. The summed E-state index contributed by atoms with van der Waals surface area (Å²) in [5.74, 6) is 0.977. The highest BCUT2D eigenvalue weighted by Gasteiger charge is 2.36. The summed E-state index contributed by atoms with van der Waals surface area (Å²) in [5, 5.41) is 5.66. The van der Waals surface area contributed by atoms with Gasteiger partial charge in [0, 0.05) is 29.1 Å². The lowest BCUT2D eigenvalue weighted by molar-refractivity contribution is 0.0563. The van der Waals surface area contributed by atoms with Gasteiger partial charge in [0.1, 0.15) is 5.69 Å². The van der Waals surface area contributed by atoms with Gasteiger partial charge in [0.05, 0.1) is 11.4 Å². The summed E-state index contributed by atoms with van der Waals surface area (Å²) < 4.78 is 5.40. The minimum absolute atomic E-state index is 0.0323. The number of amides is 1. The topological polar surface area (TPSA) is 72.1 Å². The second kappa shape index (κ2) is 6.73. The van der Waals surface area contributed by atoms with Gasteiger partial charge in [-0.3, -0.25) is 4.79 Å². The van der Waals surface area contributed by atoms with E-state index in [1.165, 1.54) is 0 Å². The highest BCUT2D eigenvalue weighted by molar-refractivity contribution is 6.30. The second-order valence-corrected chi connectivity index (χ2v) is 7.20. The minimum atomic E-state index is -0.0865. The average Bonchev–Trinajstić information content (AvgIpc) is 3.16. The van der Waals surface area contributed by atoms with Crippen LogP contribution < -0.4 is 0 Å². The molecule has 4 aromatic rings. The zero-order valence-corrected chi connectivity index (χ0v) is 15.5. The molecule has 1 saturated heterocycles. The third kappa shape index (κ3) is 3.01. The molecule has 0 bridgehead atoms. The molecule has 5 rings (SSSR count). The summed E-state index contributed by atoms with van der Waals surface area (Å²) in [6.07, 6.45) is 0. The molecular weight excluding hydrogens is 376 g/mol. The summed E-state index contributed by atoms with van der Waals surface area (Å²) in [5.41, 5.74) is 2.06. The Kier molecular flexibility index (Phi) is 4.06. The molecular formula is C21H15ClN4O2. The predicted molar refractivity (Wildman–Crippen MR) is 105 cm³/mol. The standard InChI is InChI=1S/C21H15ClN4O2/c22-16-6-3-5-14(10-16)19-24-20(28-25-19)15-11-26(12-15)21(27)18-9-8-13-4-1-2-7-17(13)23-18/h1-10,15H,11-12H2. The SMILES string of the molecule is O=C(c1ccc2ccccc2n1)N1CC(c2nc(-c3cccc(Cl)c3)no2)C1. The van der Waals surface area contributed by atoms with Gasteiger partial charge in [0.2, 0.25) is 11.7 Å². The summed E-state index contributed by atoms with van der Waals surface area (Å²) in [6, 6.07) is 18.7. The fourth-order valence-corrected chi connectivity index (χ4v) is 3.48. The molecule has 2 aromatic carbocycles. The molecule has 7 heteroatoms. The van der Waals surface area contributed by atoms with Gasteiger partial charge in [-0.15, -0.1) is 0 Å². The molecule has 0 N–H and O–H groups in total. The van der Waals surface area contributed by atoms with Crippen LogP contribution in [0.4, 0.5) is 0 Å². The van der Waals surface area contributed by atoms with Crippen LogP contribution in [0.25, 0.3) is 22.3 Å². The molecule has 6 nitrogen and oxygen atoms in total. The Labute approximate surface area is 165 Å². The zero-order valence-electron chi connectivity index (χ0n) is 14.7. The largest absolute Gasteiger partial charge is 0.339 e. The van der Waals surface area contributed by atoms with E-state index in [0.29, 0.717) is 35.5 Å². The predicted octanol–water partition coefficient (Wildman–Crippen LogP) is 4.18. The summed E-state index contributed by atoms with van der Waals surface area (Å²) in [4.78, 5) is 23.4. The summed E-state index contributed by atoms with van der Waals surface area (Å²) in [7, 11) is 0. The van der Waals surface area contributed by atoms with Gasteiger partial charge in [0.25, 0.3) is 5.91 Å². The van der Waals surface area contributed by atoms with Crippen LogP contribution in [0.3, 0.4) is 0 Å². The molecule has 0 saturated carbocycles. The van der Waals surface area contributed by atoms with Crippen LogP contribution in [0.5, 0.6) is 0 Å². The third-order valence-corrected chi connectivity index (χ3v) is 5.10. The number of rotatable bonds is 3. The molecule has 0 atom stereocenters. The van der Waals surface area contributed by atoms with Crippen LogP contribution in [-0.4, -0.2) is 39.0 Å². The molecule has 1 aliphatic heterocycles. The maximum atomic E-state index is 12.7. The van der Waals surface area contributed by atoms with Crippen molar-refractivity contribution in [1.82, 2.24) is 20.0 Å². The quantitative estimate of drug-likeness (QED) is 0.524. The van der Waals surface area contributed by atoms with E-state index >= 15 is 0 Å². The number of carbonyl (C=O) groups is 1. The average molecular weight is 391 g/mol. The van der Waals surface area contributed by atoms with Gasteiger partial charge in [0.15, 0.2) is 0 Å². The highest BCUT2D eigenvalue weighted by Crippen LogP contribution is 2.29. The number of hydrogen-bond acceptors (Lipinski definition) is 5. The van der Waals surface area contributed by atoms with Crippen LogP contribution in [0, 0.1) is 0 Å². The number of carbonyl (C=O) groups excluding carboxylic acids is 1. The van der Waals surface area contributed by atoms with Crippen molar-refractivity contribution < 1.29 is 9.32 Å². The highest BCUT2D eigenvalue weighted by atomic mass is 35.5. The fourth-order valence-electron chi connectivity index (χ4n) is 3.29. The number of para-hydroxylation sites is 1. The molecule has 1 amide bonds. The third-order valence-electron chi connectivity index (χ3n) is 4.86. The van der Waals surface area contributed by atoms with E-state index in [1.807, 2.05) is 42.5 Å². The molecule has 0 radical (unpaired) electrons. The lowest BCUT2D eigenvalue weighted by atomic mass is 9.99. The van der Waals surface area contributed by atoms with Gasteiger partial charge in [-0.2, -0.15) is 4.98 Å². The van der Waals surface area contributed by atoms with Crippen LogP contribution in [0.15, 0.2) is 65.2 Å². The number of nitrogens with zero attached hydrogens (tertiary/aromatic N) is 4.